The van der Waals surface area contributed by atoms with Crippen LogP contribution in [0.5, 0.6) is 0 Å². The molecule has 0 radical (unpaired) electrons. The van der Waals surface area contributed by atoms with Crippen LogP contribution in [0, 0.1) is 11.8 Å². The van der Waals surface area contributed by atoms with E-state index in [4.69, 9.17) is 0 Å². The minimum atomic E-state index is -1.28. The van der Waals surface area contributed by atoms with Gasteiger partial charge in [-0.05, 0) is 86.5 Å². The molecule has 4 aromatic rings. The maximum atomic E-state index is 14.7. The summed E-state index contributed by atoms with van der Waals surface area (Å²) in [5.41, 5.74) is 2.75. The number of fused-ring (bicyclic) bond motifs is 2. The molecule has 10 amide bonds. The van der Waals surface area contributed by atoms with Gasteiger partial charge in [0.25, 0.3) is 0 Å². The van der Waals surface area contributed by atoms with Crippen molar-refractivity contribution in [2.45, 2.75) is 166 Å². The monoisotopic (exact) mass is 1150 g/mol. The van der Waals surface area contributed by atoms with Gasteiger partial charge in [0.05, 0.1) is 0 Å². The molecule has 3 heterocycles. The summed E-state index contributed by atoms with van der Waals surface area (Å²) in [6, 6.07) is 23.9. The Morgan fingerprint density at radius 1 is 0.345 bits per heavy atom. The van der Waals surface area contributed by atoms with E-state index in [1.54, 1.807) is 109 Å². The van der Waals surface area contributed by atoms with E-state index in [-0.39, 0.29) is 76.3 Å². The van der Waals surface area contributed by atoms with Crippen LogP contribution in [0.25, 0.3) is 0 Å². The summed E-state index contributed by atoms with van der Waals surface area (Å²) in [6.07, 6.45) is 1.71. The molecule has 3 aliphatic heterocycles. The molecule has 84 heavy (non-hydrogen) atoms. The van der Waals surface area contributed by atoms with Gasteiger partial charge < -0.3 is 52.3 Å². The van der Waals surface area contributed by atoms with E-state index in [0.29, 0.717) is 35.1 Å². The molecule has 0 saturated carbocycles. The van der Waals surface area contributed by atoms with Crippen molar-refractivity contribution < 1.29 is 47.9 Å². The summed E-state index contributed by atoms with van der Waals surface area (Å²) >= 11 is 0. The Labute approximate surface area is 492 Å². The molecule has 10 atom stereocenters. The summed E-state index contributed by atoms with van der Waals surface area (Å²) in [4.78, 5) is 148. The standard InChI is InChI=1S/C64H82N10O10/c1-39(2)33-51-63(83)73-31-19-29-53(73)61(81)69-49(37-45-25-15-9-16-26-45)59(79)68-48(36-44-23-13-8-14-24-44)58(78)66-42(6)56(76)72-52(34-40(3)4)64(84)74-32-20-30-54(74)62(82)70-50(38-46-27-17-10-18-28-46)60(80)67-47(35-43-21-11-7-12-22-43)57(77)65-41(5)55(75)71-51/h7-18,21-28,39-42,47-54H,19-20,29-38H2,1-6H3,(H,65,77)(H,66,78)(H,67,80)(H,68,79)(H,69,81)(H,70,82)(H,71,75)(H,72,76)/t41-,42-,47-,48-,49-,50-,51-,52-,53-,54-/m0/s1. The van der Waals surface area contributed by atoms with Gasteiger partial charge in [0.1, 0.15) is 60.4 Å². The van der Waals surface area contributed by atoms with Crippen molar-refractivity contribution in [1.82, 2.24) is 52.3 Å². The van der Waals surface area contributed by atoms with Gasteiger partial charge in [0.2, 0.25) is 59.1 Å². The average molecular weight is 1150 g/mol. The number of carbonyl (C=O) groups is 10. The summed E-state index contributed by atoms with van der Waals surface area (Å²) < 4.78 is 0. The molecular formula is C64H82N10O10. The van der Waals surface area contributed by atoms with Crippen molar-refractivity contribution in [3.8, 4) is 0 Å². The van der Waals surface area contributed by atoms with Gasteiger partial charge >= 0.3 is 0 Å². The molecule has 448 valence electrons. The highest BCUT2D eigenvalue weighted by Gasteiger charge is 2.42. The predicted octanol–water partition coefficient (Wildman–Crippen LogP) is 2.96. The lowest BCUT2D eigenvalue weighted by atomic mass is 10.0. The van der Waals surface area contributed by atoms with Gasteiger partial charge in [-0.2, -0.15) is 0 Å². The number of amides is 10. The third kappa shape index (κ3) is 17.8. The van der Waals surface area contributed by atoms with E-state index in [1.807, 2.05) is 39.8 Å². The molecule has 3 fully saturated rings. The van der Waals surface area contributed by atoms with Gasteiger partial charge in [-0.3, -0.25) is 47.9 Å². The molecule has 0 aromatic heterocycles. The van der Waals surface area contributed by atoms with Crippen molar-refractivity contribution in [2.75, 3.05) is 13.1 Å². The average Bonchev–Trinajstić information content (AvgIpc) is 4.12. The van der Waals surface area contributed by atoms with Crippen molar-refractivity contribution in [1.29, 1.82) is 0 Å². The Kier molecular flexibility index (Phi) is 22.7. The second kappa shape index (κ2) is 30.2. The molecule has 0 aliphatic carbocycles. The van der Waals surface area contributed by atoms with Crippen LogP contribution in [0.4, 0.5) is 0 Å². The maximum absolute atomic E-state index is 14.7. The fourth-order valence-electron chi connectivity index (χ4n) is 11.1. The zero-order valence-corrected chi connectivity index (χ0v) is 48.9. The lowest BCUT2D eigenvalue weighted by Gasteiger charge is -2.32. The lowest BCUT2D eigenvalue weighted by molar-refractivity contribution is -0.143. The van der Waals surface area contributed by atoms with E-state index in [0.717, 1.165) is 0 Å². The summed E-state index contributed by atoms with van der Waals surface area (Å²) in [5.74, 6) is -6.79. The normalized spacial score (nSPS) is 26.0. The molecule has 7 rings (SSSR count). The van der Waals surface area contributed by atoms with Crippen LogP contribution >= 0.6 is 0 Å². The second-order valence-corrected chi connectivity index (χ2v) is 23.2. The molecule has 20 nitrogen and oxygen atoms in total. The molecule has 0 bridgehead atoms. The molecule has 4 aromatic carbocycles. The highest BCUT2D eigenvalue weighted by molar-refractivity contribution is 6.00. The number of hydrogen-bond donors (Lipinski definition) is 8. The molecule has 8 N–H and O–H groups in total. The minimum Gasteiger partial charge on any atom is -0.343 e. The Balaban J connectivity index is 1.24. The molecule has 3 saturated heterocycles. The van der Waals surface area contributed by atoms with E-state index >= 15 is 0 Å². The Morgan fingerprint density at radius 2 is 0.595 bits per heavy atom. The van der Waals surface area contributed by atoms with Crippen molar-refractivity contribution in [2.24, 2.45) is 11.8 Å². The first-order valence-electron chi connectivity index (χ1n) is 29.4. The van der Waals surface area contributed by atoms with Gasteiger partial charge in [0, 0.05) is 38.8 Å². The zero-order chi connectivity index (χ0) is 60.5. The van der Waals surface area contributed by atoms with Crippen LogP contribution in [0.15, 0.2) is 121 Å². The topological polar surface area (TPSA) is 273 Å². The molecule has 0 unspecified atom stereocenters. The Bertz CT molecular complexity index is 2730. The third-order valence-electron chi connectivity index (χ3n) is 15.5. The lowest BCUT2D eigenvalue weighted by Crippen LogP contribution is -2.61. The number of benzene rings is 4. The van der Waals surface area contributed by atoms with E-state index < -0.39 is 119 Å². The Morgan fingerprint density at radius 3 is 0.869 bits per heavy atom. The maximum Gasteiger partial charge on any atom is 0.245 e. The Hall–Kier alpha value is -8.42. The first-order valence-corrected chi connectivity index (χ1v) is 29.4. The van der Waals surface area contributed by atoms with Gasteiger partial charge in [-0.1, -0.05) is 149 Å². The van der Waals surface area contributed by atoms with Crippen LogP contribution < -0.4 is 42.5 Å². The number of hydrogen-bond acceptors (Lipinski definition) is 10. The summed E-state index contributed by atoms with van der Waals surface area (Å²) in [5, 5.41) is 22.7. The van der Waals surface area contributed by atoms with Crippen LogP contribution in [-0.2, 0) is 73.6 Å². The minimum absolute atomic E-state index is 0.00215. The number of nitrogens with zero attached hydrogens (tertiary/aromatic N) is 2. The van der Waals surface area contributed by atoms with Crippen molar-refractivity contribution in [3.63, 3.8) is 0 Å². The van der Waals surface area contributed by atoms with Crippen LogP contribution in [0.2, 0.25) is 0 Å². The quantitative estimate of drug-likeness (QED) is 0.103. The fourth-order valence-corrected chi connectivity index (χ4v) is 11.1. The van der Waals surface area contributed by atoms with Gasteiger partial charge in [-0.15, -0.1) is 0 Å². The number of rotatable bonds is 12. The molecule has 20 heteroatoms. The van der Waals surface area contributed by atoms with Gasteiger partial charge in [0.15, 0.2) is 0 Å². The summed E-state index contributed by atoms with van der Waals surface area (Å²) in [6.45, 7) is 10.8. The van der Waals surface area contributed by atoms with Crippen LogP contribution in [-0.4, -0.2) is 142 Å². The first-order chi connectivity index (χ1) is 40.2. The van der Waals surface area contributed by atoms with Crippen LogP contribution in [0.1, 0.15) is 102 Å². The zero-order valence-electron chi connectivity index (χ0n) is 48.9. The largest absolute Gasteiger partial charge is 0.343 e. The summed E-state index contributed by atoms with van der Waals surface area (Å²) in [7, 11) is 0. The predicted molar refractivity (Wildman–Crippen MR) is 316 cm³/mol. The van der Waals surface area contributed by atoms with E-state index in [9.17, 15) is 47.9 Å². The third-order valence-corrected chi connectivity index (χ3v) is 15.5. The molecule has 0 spiro atoms. The number of carbonyl (C=O) groups excluding carboxylic acids is 10. The first kappa shape index (κ1) is 63.2. The fraction of sp³-hybridized carbons (Fsp3) is 0.469. The van der Waals surface area contributed by atoms with Gasteiger partial charge in [-0.25, -0.2) is 0 Å². The SMILES string of the molecule is CC(C)C[C@@H]1NC(=O)[C@H](C)NC(=O)[C@H](Cc2ccccc2)NC(=O)[C@H](Cc2ccccc2)NC(=O)[C@@H]2CCCN2C(=O)[C@H](CC(C)C)NC(=O)[C@H](C)NC(=O)[C@H](Cc2ccccc2)NC(=O)[C@H](Cc2ccccc2)NC(=O)[C@@H]2CCCN2C1=O. The second-order valence-electron chi connectivity index (χ2n) is 23.2. The smallest absolute Gasteiger partial charge is 0.245 e. The number of nitrogens with one attached hydrogen (secondary N) is 8. The van der Waals surface area contributed by atoms with E-state index in [2.05, 4.69) is 42.5 Å². The van der Waals surface area contributed by atoms with Crippen LogP contribution in [0.3, 0.4) is 0 Å². The van der Waals surface area contributed by atoms with Crippen molar-refractivity contribution >= 4 is 59.1 Å². The van der Waals surface area contributed by atoms with E-state index in [1.165, 1.54) is 23.6 Å². The molecule has 3 aliphatic rings. The highest BCUT2D eigenvalue weighted by atomic mass is 16.2. The van der Waals surface area contributed by atoms with Crippen molar-refractivity contribution in [3.05, 3.63) is 144 Å². The highest BCUT2D eigenvalue weighted by Crippen LogP contribution is 2.24. The molecular weight excluding hydrogens is 1070 g/mol.